The molecule has 3 heterocycles. The van der Waals surface area contributed by atoms with Crippen molar-refractivity contribution in [1.82, 2.24) is 14.5 Å². The second kappa shape index (κ2) is 9.20. The molecule has 1 fully saturated rings. The summed E-state index contributed by atoms with van der Waals surface area (Å²) >= 11 is 0. The maximum Gasteiger partial charge on any atom is 0.256 e. The summed E-state index contributed by atoms with van der Waals surface area (Å²) in [5, 5.41) is 15.2. The number of H-pyrrole nitrogens is 1. The molecule has 180 valence electrons. The zero-order valence-electron chi connectivity index (χ0n) is 19.6. The number of nitrogens with one attached hydrogen (secondary N) is 1. The van der Waals surface area contributed by atoms with Gasteiger partial charge in [-0.05, 0) is 62.1 Å². The van der Waals surface area contributed by atoms with Gasteiger partial charge in [-0.2, -0.15) is 0 Å². The molecule has 0 bridgehead atoms. The first kappa shape index (κ1) is 23.1. The number of hydrogen-bond acceptors (Lipinski definition) is 4. The number of fused-ring (bicyclic) bond motifs is 1. The van der Waals surface area contributed by atoms with E-state index in [0.29, 0.717) is 48.0 Å². The standard InChI is InChI=1S/C27H27FN4O3/c1-32(22-9-6-18(7-10-22)27(35)31-13-3-5-23(33)16-31)17-19(4-2-12-29-32)24-15-20-14-21(28)8-11-25(20)30-26(24)34/h6-12,14-15,17,23,33H,2-5,13,16H2,1H3/p+1. The van der Waals surface area contributed by atoms with Crippen molar-refractivity contribution in [1.29, 1.82) is 0 Å². The molecule has 2 aliphatic rings. The summed E-state index contributed by atoms with van der Waals surface area (Å²) in [6, 6.07) is 13.3. The zero-order chi connectivity index (χ0) is 24.6. The van der Waals surface area contributed by atoms with Crippen LogP contribution in [0.2, 0.25) is 0 Å². The van der Waals surface area contributed by atoms with Crippen molar-refractivity contribution in [2.24, 2.45) is 5.10 Å². The lowest BCUT2D eigenvalue weighted by Crippen LogP contribution is -2.42. The second-order valence-corrected chi connectivity index (χ2v) is 9.36. The fourth-order valence-electron chi connectivity index (χ4n) is 4.84. The third-order valence-electron chi connectivity index (χ3n) is 6.74. The molecule has 7 nitrogen and oxygen atoms in total. The third kappa shape index (κ3) is 4.67. The number of aromatic amines is 1. The number of allylic oxidation sites excluding steroid dienone is 1. The molecule has 1 amide bonds. The molecule has 2 unspecified atom stereocenters. The predicted octanol–water partition coefficient (Wildman–Crippen LogP) is 4.02. The number of pyridine rings is 1. The summed E-state index contributed by atoms with van der Waals surface area (Å²) in [6.07, 6.45) is 6.09. The van der Waals surface area contributed by atoms with Crippen molar-refractivity contribution in [2.45, 2.75) is 31.8 Å². The number of carbonyl (C=O) groups is 1. The summed E-state index contributed by atoms with van der Waals surface area (Å²) in [7, 11) is 1.91. The summed E-state index contributed by atoms with van der Waals surface area (Å²) in [4.78, 5) is 30.3. The zero-order valence-corrected chi connectivity index (χ0v) is 19.6. The minimum atomic E-state index is -0.471. The quantitative estimate of drug-likeness (QED) is 0.561. The number of piperidine rings is 1. The Kier molecular flexibility index (Phi) is 6.08. The number of nitrogens with zero attached hydrogens (tertiary/aromatic N) is 3. The van der Waals surface area contributed by atoms with Gasteiger partial charge in [0.1, 0.15) is 19.1 Å². The van der Waals surface area contributed by atoms with E-state index in [1.807, 2.05) is 31.6 Å². The Morgan fingerprint density at radius 2 is 2.00 bits per heavy atom. The second-order valence-electron chi connectivity index (χ2n) is 9.36. The molecule has 2 atom stereocenters. The molecule has 0 aliphatic carbocycles. The lowest BCUT2D eigenvalue weighted by molar-refractivity contribution is 0.0474. The highest BCUT2D eigenvalue weighted by Crippen LogP contribution is 2.31. The van der Waals surface area contributed by atoms with Crippen LogP contribution in [0.4, 0.5) is 10.1 Å². The first-order valence-corrected chi connectivity index (χ1v) is 11.9. The Balaban J connectivity index is 1.47. The number of aliphatic hydroxyl groups excluding tert-OH is 1. The van der Waals surface area contributed by atoms with Gasteiger partial charge in [0.2, 0.25) is 0 Å². The summed E-state index contributed by atoms with van der Waals surface area (Å²) in [6.45, 7) is 1.00. The van der Waals surface area contributed by atoms with E-state index in [9.17, 15) is 19.1 Å². The normalized spacial score (nSPS) is 22.7. The van der Waals surface area contributed by atoms with Gasteiger partial charge in [0.25, 0.3) is 11.5 Å². The SMILES string of the molecule is C[N+]1(c2ccc(C(=O)N3CCCC(O)C3)cc2)C=C(c2cc3cc(F)ccc3[nH]c2=O)CCC=N1. The molecule has 35 heavy (non-hydrogen) atoms. The summed E-state index contributed by atoms with van der Waals surface area (Å²) < 4.78 is 13.9. The maximum atomic E-state index is 13.8. The predicted molar refractivity (Wildman–Crippen MR) is 136 cm³/mol. The highest BCUT2D eigenvalue weighted by molar-refractivity contribution is 5.94. The van der Waals surface area contributed by atoms with Crippen molar-refractivity contribution in [3.8, 4) is 0 Å². The molecule has 3 aromatic rings. The first-order chi connectivity index (χ1) is 16.8. The number of amides is 1. The fraction of sp³-hybridized carbons (Fsp3) is 0.296. The maximum absolute atomic E-state index is 13.8. The molecule has 0 radical (unpaired) electrons. The number of likely N-dealkylation sites (tertiary alicyclic amines) is 1. The molecule has 2 aliphatic heterocycles. The molecule has 2 N–H and O–H groups in total. The highest BCUT2D eigenvalue weighted by Gasteiger charge is 2.28. The van der Waals surface area contributed by atoms with Crippen LogP contribution in [0.15, 0.2) is 64.6 Å². The monoisotopic (exact) mass is 475 g/mol. The Morgan fingerprint density at radius 1 is 1.20 bits per heavy atom. The average molecular weight is 476 g/mol. The number of hydrogen-bond donors (Lipinski definition) is 2. The minimum absolute atomic E-state index is 0.0763. The Bertz CT molecular complexity index is 1400. The molecule has 5 rings (SSSR count). The van der Waals surface area contributed by atoms with Gasteiger partial charge in [-0.1, -0.05) is 5.10 Å². The van der Waals surface area contributed by atoms with E-state index in [0.717, 1.165) is 24.1 Å². The van der Waals surface area contributed by atoms with Gasteiger partial charge >= 0.3 is 0 Å². The van der Waals surface area contributed by atoms with Gasteiger partial charge in [0, 0.05) is 52.8 Å². The molecular formula is C27H28FN4O3+. The number of carbonyl (C=O) groups excluding carboxylic acids is 1. The van der Waals surface area contributed by atoms with Crippen LogP contribution in [0.3, 0.4) is 0 Å². The van der Waals surface area contributed by atoms with Crippen molar-refractivity contribution >= 4 is 34.3 Å². The Labute approximate surface area is 202 Å². The highest BCUT2D eigenvalue weighted by atomic mass is 19.1. The number of aromatic nitrogens is 1. The lowest BCUT2D eigenvalue weighted by Gasteiger charge is -2.30. The van der Waals surface area contributed by atoms with Crippen molar-refractivity contribution in [3.05, 3.63) is 82.0 Å². The van der Waals surface area contributed by atoms with Crippen molar-refractivity contribution < 1.29 is 14.3 Å². The number of rotatable bonds is 3. The number of benzene rings is 2. The molecule has 0 spiro atoms. The van der Waals surface area contributed by atoms with E-state index in [1.165, 1.54) is 12.1 Å². The van der Waals surface area contributed by atoms with Gasteiger partial charge in [0.05, 0.1) is 12.3 Å². The molecule has 8 heteroatoms. The third-order valence-corrected chi connectivity index (χ3v) is 6.74. The number of quaternary nitrogens is 1. The van der Waals surface area contributed by atoms with E-state index in [2.05, 4.69) is 4.98 Å². The smallest absolute Gasteiger partial charge is 0.256 e. The van der Waals surface area contributed by atoms with Gasteiger partial charge in [0.15, 0.2) is 5.69 Å². The van der Waals surface area contributed by atoms with Gasteiger partial charge in [-0.3, -0.25) is 9.59 Å². The lowest BCUT2D eigenvalue weighted by atomic mass is 10.0. The number of β-amino-alcohol motifs (C(OH)–C–C–N with tert-alkyl or cyclic N) is 1. The van der Waals surface area contributed by atoms with Crippen LogP contribution < -0.4 is 10.2 Å². The van der Waals surface area contributed by atoms with Gasteiger partial charge in [-0.15, -0.1) is 4.59 Å². The van der Waals surface area contributed by atoms with E-state index < -0.39 is 6.10 Å². The molecule has 2 aromatic carbocycles. The summed E-state index contributed by atoms with van der Waals surface area (Å²) in [5.74, 6) is -0.452. The van der Waals surface area contributed by atoms with Crippen LogP contribution in [0.1, 0.15) is 41.6 Å². The van der Waals surface area contributed by atoms with Crippen molar-refractivity contribution in [2.75, 3.05) is 20.1 Å². The summed E-state index contributed by atoms with van der Waals surface area (Å²) in [5.41, 5.74) is 3.07. The van der Waals surface area contributed by atoms with Crippen LogP contribution in [-0.2, 0) is 0 Å². The molecule has 1 saturated heterocycles. The largest absolute Gasteiger partial charge is 0.391 e. The van der Waals surface area contributed by atoms with Crippen LogP contribution in [0.25, 0.3) is 16.5 Å². The number of aliphatic hydroxyl groups is 1. The topological polar surface area (TPSA) is 85.8 Å². The number of halogens is 1. The average Bonchev–Trinajstić information content (AvgIpc) is 3.06. The minimum Gasteiger partial charge on any atom is -0.391 e. The Morgan fingerprint density at radius 3 is 2.77 bits per heavy atom. The van der Waals surface area contributed by atoms with Crippen LogP contribution in [0.5, 0.6) is 0 Å². The van der Waals surface area contributed by atoms with E-state index >= 15 is 0 Å². The fourth-order valence-corrected chi connectivity index (χ4v) is 4.84. The van der Waals surface area contributed by atoms with Crippen LogP contribution in [0, 0.1) is 5.82 Å². The molecule has 0 saturated carbocycles. The Hall–Kier alpha value is -3.62. The molecule has 1 aromatic heterocycles. The van der Waals surface area contributed by atoms with E-state index in [1.54, 1.807) is 29.2 Å². The molecular weight excluding hydrogens is 447 g/mol. The van der Waals surface area contributed by atoms with E-state index in [4.69, 9.17) is 5.10 Å². The van der Waals surface area contributed by atoms with E-state index in [-0.39, 0.29) is 21.9 Å². The van der Waals surface area contributed by atoms with Crippen molar-refractivity contribution in [3.63, 3.8) is 0 Å². The van der Waals surface area contributed by atoms with Gasteiger partial charge in [-0.25, -0.2) is 4.39 Å². The van der Waals surface area contributed by atoms with Crippen LogP contribution >= 0.6 is 0 Å². The first-order valence-electron chi connectivity index (χ1n) is 11.9. The van der Waals surface area contributed by atoms with Crippen LogP contribution in [-0.4, -0.2) is 53.4 Å². The van der Waals surface area contributed by atoms with Gasteiger partial charge < -0.3 is 15.0 Å².